The number of hydrogen-bond acceptors (Lipinski definition) is 2. The predicted octanol–water partition coefficient (Wildman–Crippen LogP) is 3.13. The van der Waals surface area contributed by atoms with E-state index in [4.69, 9.17) is 0 Å². The van der Waals surface area contributed by atoms with Crippen molar-refractivity contribution < 1.29 is 9.90 Å². The Morgan fingerprint density at radius 1 is 1.37 bits per heavy atom. The lowest BCUT2D eigenvalue weighted by Crippen LogP contribution is -2.49. The van der Waals surface area contributed by atoms with E-state index < -0.39 is 11.5 Å². The van der Waals surface area contributed by atoms with Gasteiger partial charge >= 0.3 is 5.97 Å². The summed E-state index contributed by atoms with van der Waals surface area (Å²) in [6.45, 7) is 7.82. The standard InChI is InChI=1S/C16H23NO2/c1-4-16(15(18)19)9-6-10-17(16)11-14-12(2)7-5-8-13(14)3/h5,7-8H,4,6,9-11H2,1-3H3,(H,18,19). The molecule has 1 fully saturated rings. The Balaban J connectivity index is 2.30. The first-order chi connectivity index (χ1) is 9.01. The maximum atomic E-state index is 11.7. The van der Waals surface area contributed by atoms with Crippen LogP contribution in [-0.4, -0.2) is 28.1 Å². The Hall–Kier alpha value is -1.35. The van der Waals surface area contributed by atoms with Gasteiger partial charge in [-0.3, -0.25) is 9.69 Å². The van der Waals surface area contributed by atoms with E-state index in [1.54, 1.807) is 0 Å². The first-order valence-electron chi connectivity index (χ1n) is 7.05. The van der Waals surface area contributed by atoms with Crippen LogP contribution < -0.4 is 0 Å². The van der Waals surface area contributed by atoms with Crippen LogP contribution in [0.2, 0.25) is 0 Å². The number of carboxylic acid groups (broad SMARTS) is 1. The summed E-state index contributed by atoms with van der Waals surface area (Å²) in [5.41, 5.74) is 3.13. The predicted molar refractivity (Wildman–Crippen MR) is 76.2 cm³/mol. The number of rotatable bonds is 4. The highest BCUT2D eigenvalue weighted by atomic mass is 16.4. The molecule has 0 aromatic heterocycles. The number of nitrogens with zero attached hydrogens (tertiary/aromatic N) is 1. The van der Waals surface area contributed by atoms with Gasteiger partial charge in [0.2, 0.25) is 0 Å². The van der Waals surface area contributed by atoms with Crippen molar-refractivity contribution in [1.29, 1.82) is 0 Å². The second-order valence-corrected chi connectivity index (χ2v) is 5.59. The number of benzene rings is 1. The molecule has 1 aromatic carbocycles. The molecule has 1 aliphatic heterocycles. The molecule has 0 saturated carbocycles. The van der Waals surface area contributed by atoms with Crippen molar-refractivity contribution in [2.45, 2.75) is 52.1 Å². The van der Waals surface area contributed by atoms with E-state index in [1.807, 2.05) is 6.92 Å². The molecule has 1 saturated heterocycles. The molecule has 0 radical (unpaired) electrons. The molecule has 104 valence electrons. The SMILES string of the molecule is CCC1(C(=O)O)CCCN1Cc1c(C)cccc1C. The lowest BCUT2D eigenvalue weighted by atomic mass is 9.92. The van der Waals surface area contributed by atoms with E-state index in [0.29, 0.717) is 6.42 Å². The molecule has 3 heteroatoms. The Morgan fingerprint density at radius 2 is 2.00 bits per heavy atom. The first-order valence-corrected chi connectivity index (χ1v) is 7.05. The van der Waals surface area contributed by atoms with Crippen molar-refractivity contribution in [3.8, 4) is 0 Å². The fraction of sp³-hybridized carbons (Fsp3) is 0.562. The molecule has 1 heterocycles. The third kappa shape index (κ3) is 2.39. The summed E-state index contributed by atoms with van der Waals surface area (Å²) in [6.07, 6.45) is 2.42. The molecule has 0 amide bonds. The van der Waals surface area contributed by atoms with Gasteiger partial charge in [0.05, 0.1) is 0 Å². The smallest absolute Gasteiger partial charge is 0.324 e. The molecule has 1 aromatic rings. The maximum absolute atomic E-state index is 11.7. The van der Waals surface area contributed by atoms with E-state index in [2.05, 4.69) is 36.9 Å². The van der Waals surface area contributed by atoms with Crippen molar-refractivity contribution in [2.75, 3.05) is 6.54 Å². The van der Waals surface area contributed by atoms with Crippen LogP contribution in [0.25, 0.3) is 0 Å². The van der Waals surface area contributed by atoms with Crippen molar-refractivity contribution in [3.63, 3.8) is 0 Å². The van der Waals surface area contributed by atoms with Crippen LogP contribution in [0.3, 0.4) is 0 Å². The van der Waals surface area contributed by atoms with Crippen LogP contribution in [0.15, 0.2) is 18.2 Å². The summed E-state index contributed by atoms with van der Waals surface area (Å²) in [4.78, 5) is 13.8. The molecule has 1 N–H and O–H groups in total. The summed E-state index contributed by atoms with van der Waals surface area (Å²) < 4.78 is 0. The van der Waals surface area contributed by atoms with Crippen LogP contribution >= 0.6 is 0 Å². The number of carboxylic acids is 1. The zero-order valence-corrected chi connectivity index (χ0v) is 12.1. The Morgan fingerprint density at radius 3 is 2.53 bits per heavy atom. The van der Waals surface area contributed by atoms with Gasteiger partial charge < -0.3 is 5.11 Å². The van der Waals surface area contributed by atoms with Crippen molar-refractivity contribution in [1.82, 2.24) is 4.90 Å². The third-order valence-electron chi connectivity index (χ3n) is 4.60. The molecule has 19 heavy (non-hydrogen) atoms. The molecule has 0 spiro atoms. The topological polar surface area (TPSA) is 40.5 Å². The van der Waals surface area contributed by atoms with Gasteiger partial charge in [0.15, 0.2) is 0 Å². The van der Waals surface area contributed by atoms with Gasteiger partial charge in [0.25, 0.3) is 0 Å². The maximum Gasteiger partial charge on any atom is 0.324 e. The zero-order chi connectivity index (χ0) is 14.0. The number of aryl methyl sites for hydroxylation is 2. The number of carbonyl (C=O) groups is 1. The van der Waals surface area contributed by atoms with Gasteiger partial charge in [-0.15, -0.1) is 0 Å². The highest BCUT2D eigenvalue weighted by Crippen LogP contribution is 2.34. The largest absolute Gasteiger partial charge is 0.480 e. The average Bonchev–Trinajstić information content (AvgIpc) is 2.78. The molecule has 1 aliphatic rings. The Kier molecular flexibility index (Phi) is 3.95. The monoisotopic (exact) mass is 261 g/mol. The second kappa shape index (κ2) is 5.33. The molecule has 0 bridgehead atoms. The Labute approximate surface area is 115 Å². The van der Waals surface area contributed by atoms with Gasteiger partial charge in [-0.2, -0.15) is 0 Å². The summed E-state index contributed by atoms with van der Waals surface area (Å²) in [5, 5.41) is 9.61. The summed E-state index contributed by atoms with van der Waals surface area (Å²) in [6, 6.07) is 6.27. The number of likely N-dealkylation sites (tertiary alicyclic amines) is 1. The van der Waals surface area contributed by atoms with Crippen molar-refractivity contribution >= 4 is 5.97 Å². The first kappa shape index (κ1) is 14.1. The average molecular weight is 261 g/mol. The fourth-order valence-corrected chi connectivity index (χ4v) is 3.25. The molecule has 0 aliphatic carbocycles. The Bertz CT molecular complexity index is 463. The molecular formula is C16H23NO2. The minimum Gasteiger partial charge on any atom is -0.480 e. The normalized spacial score (nSPS) is 23.7. The summed E-state index contributed by atoms with van der Waals surface area (Å²) >= 11 is 0. The lowest BCUT2D eigenvalue weighted by molar-refractivity contribution is -0.150. The van der Waals surface area contributed by atoms with Gasteiger partial charge in [0.1, 0.15) is 5.54 Å². The molecule has 1 unspecified atom stereocenters. The zero-order valence-electron chi connectivity index (χ0n) is 12.1. The highest BCUT2D eigenvalue weighted by Gasteiger charge is 2.46. The molecule has 1 atom stereocenters. The molecule has 2 rings (SSSR count). The third-order valence-corrected chi connectivity index (χ3v) is 4.60. The van der Waals surface area contributed by atoms with Gasteiger partial charge in [0, 0.05) is 6.54 Å². The fourth-order valence-electron chi connectivity index (χ4n) is 3.25. The quantitative estimate of drug-likeness (QED) is 0.905. The number of aliphatic carboxylic acids is 1. The van der Waals surface area contributed by atoms with E-state index in [0.717, 1.165) is 25.9 Å². The van der Waals surface area contributed by atoms with Crippen LogP contribution in [0.4, 0.5) is 0 Å². The molecule has 3 nitrogen and oxygen atoms in total. The van der Waals surface area contributed by atoms with E-state index >= 15 is 0 Å². The van der Waals surface area contributed by atoms with E-state index in [9.17, 15) is 9.90 Å². The molecular weight excluding hydrogens is 238 g/mol. The van der Waals surface area contributed by atoms with Crippen molar-refractivity contribution in [3.05, 3.63) is 34.9 Å². The number of hydrogen-bond donors (Lipinski definition) is 1. The second-order valence-electron chi connectivity index (χ2n) is 5.59. The van der Waals surface area contributed by atoms with Gasteiger partial charge in [-0.1, -0.05) is 25.1 Å². The van der Waals surface area contributed by atoms with Crippen molar-refractivity contribution in [2.24, 2.45) is 0 Å². The van der Waals surface area contributed by atoms with E-state index in [1.165, 1.54) is 16.7 Å². The summed E-state index contributed by atoms with van der Waals surface area (Å²) in [7, 11) is 0. The van der Waals surface area contributed by atoms with Crippen LogP contribution in [0, 0.1) is 13.8 Å². The highest BCUT2D eigenvalue weighted by molar-refractivity contribution is 5.79. The lowest BCUT2D eigenvalue weighted by Gasteiger charge is -2.34. The van der Waals surface area contributed by atoms with E-state index in [-0.39, 0.29) is 0 Å². The van der Waals surface area contributed by atoms with Gasteiger partial charge in [-0.25, -0.2) is 0 Å². The summed E-state index contributed by atoms with van der Waals surface area (Å²) in [5.74, 6) is -0.668. The minimum atomic E-state index is -0.668. The van der Waals surface area contributed by atoms with Gasteiger partial charge in [-0.05, 0) is 56.3 Å². The van der Waals surface area contributed by atoms with Crippen LogP contribution in [-0.2, 0) is 11.3 Å². The van der Waals surface area contributed by atoms with Crippen LogP contribution in [0.1, 0.15) is 42.9 Å². The van der Waals surface area contributed by atoms with Crippen LogP contribution in [0.5, 0.6) is 0 Å². The minimum absolute atomic E-state index is 0.658.